The predicted octanol–water partition coefficient (Wildman–Crippen LogP) is 3.60. The lowest BCUT2D eigenvalue weighted by Crippen LogP contribution is -2.47. The molecule has 2 heteroatoms. The first-order valence-corrected chi connectivity index (χ1v) is 7.60. The Labute approximate surface area is 116 Å². The molecule has 1 heterocycles. The van der Waals surface area contributed by atoms with E-state index in [1.807, 2.05) is 0 Å². The second-order valence-electron chi connectivity index (χ2n) is 6.31. The third-order valence-corrected chi connectivity index (χ3v) is 5.01. The van der Waals surface area contributed by atoms with Crippen LogP contribution in [0, 0.1) is 12.8 Å². The summed E-state index contributed by atoms with van der Waals surface area (Å²) in [5.74, 6) is 0.710. The van der Waals surface area contributed by atoms with Gasteiger partial charge >= 0.3 is 0 Å². The molecule has 0 aromatic heterocycles. The van der Waals surface area contributed by atoms with Gasteiger partial charge in [0.05, 0.1) is 5.60 Å². The lowest BCUT2D eigenvalue weighted by Gasteiger charge is -2.48. The molecule has 1 aromatic rings. The topological polar surface area (TPSA) is 21.3 Å². The number of hydrogen-bond acceptors (Lipinski definition) is 2. The Hall–Kier alpha value is -0.860. The quantitative estimate of drug-likeness (QED) is 0.895. The first-order valence-electron chi connectivity index (χ1n) is 7.60. The molecule has 2 unspecified atom stereocenters. The van der Waals surface area contributed by atoms with Gasteiger partial charge in [-0.3, -0.25) is 0 Å². The lowest BCUT2D eigenvalue weighted by atomic mass is 9.69. The molecular formula is C17H25NO. The maximum Gasteiger partial charge on any atom is 0.0686 e. The fourth-order valence-electron chi connectivity index (χ4n) is 3.72. The van der Waals surface area contributed by atoms with Crippen LogP contribution in [0.2, 0.25) is 0 Å². The van der Waals surface area contributed by atoms with E-state index in [9.17, 15) is 0 Å². The normalized spacial score (nSPS) is 26.9. The minimum absolute atomic E-state index is 0.239. The molecular weight excluding hydrogens is 234 g/mol. The number of rotatable bonds is 3. The van der Waals surface area contributed by atoms with Gasteiger partial charge in [0.15, 0.2) is 0 Å². The zero-order valence-corrected chi connectivity index (χ0v) is 12.1. The molecule has 2 fully saturated rings. The molecule has 2 aliphatic rings. The van der Waals surface area contributed by atoms with E-state index in [0.29, 0.717) is 12.0 Å². The number of nitrogens with one attached hydrogen (secondary N) is 1. The average Bonchev–Trinajstić information content (AvgIpc) is 2.40. The van der Waals surface area contributed by atoms with Crippen molar-refractivity contribution in [3.05, 3.63) is 35.4 Å². The molecule has 1 saturated carbocycles. The highest BCUT2D eigenvalue weighted by molar-refractivity contribution is 5.25. The first-order chi connectivity index (χ1) is 9.22. The van der Waals surface area contributed by atoms with Gasteiger partial charge < -0.3 is 10.1 Å². The van der Waals surface area contributed by atoms with E-state index < -0.39 is 0 Å². The summed E-state index contributed by atoms with van der Waals surface area (Å²) in [6.45, 7) is 3.09. The molecule has 0 bridgehead atoms. The van der Waals surface area contributed by atoms with Crippen molar-refractivity contribution in [3.8, 4) is 0 Å². The van der Waals surface area contributed by atoms with E-state index in [4.69, 9.17) is 4.74 Å². The van der Waals surface area contributed by atoms with Crippen molar-refractivity contribution in [1.82, 2.24) is 5.32 Å². The van der Waals surface area contributed by atoms with Crippen molar-refractivity contribution in [1.29, 1.82) is 0 Å². The van der Waals surface area contributed by atoms with Crippen LogP contribution in [0.5, 0.6) is 0 Å². The van der Waals surface area contributed by atoms with Crippen molar-refractivity contribution in [2.75, 3.05) is 13.7 Å². The molecule has 0 radical (unpaired) electrons. The Morgan fingerprint density at radius 3 is 2.58 bits per heavy atom. The van der Waals surface area contributed by atoms with Crippen LogP contribution in [0.1, 0.15) is 49.3 Å². The van der Waals surface area contributed by atoms with E-state index in [1.54, 1.807) is 0 Å². The van der Waals surface area contributed by atoms with Crippen LogP contribution in [0.25, 0.3) is 0 Å². The predicted molar refractivity (Wildman–Crippen MR) is 78.2 cm³/mol. The van der Waals surface area contributed by atoms with Gasteiger partial charge in [0.2, 0.25) is 0 Å². The van der Waals surface area contributed by atoms with Crippen molar-refractivity contribution in [2.24, 2.45) is 5.92 Å². The Bertz CT molecular complexity index is 421. The van der Waals surface area contributed by atoms with E-state index in [1.165, 1.54) is 43.2 Å². The SMILES string of the molecule is CNC(c1ccc(C)cc1)C1CCOC2(CCC2)C1. The fourth-order valence-corrected chi connectivity index (χ4v) is 3.72. The largest absolute Gasteiger partial charge is 0.375 e. The van der Waals surface area contributed by atoms with Crippen LogP contribution in [0.15, 0.2) is 24.3 Å². The number of hydrogen-bond donors (Lipinski definition) is 1. The molecule has 1 aliphatic carbocycles. The molecule has 1 N–H and O–H groups in total. The van der Waals surface area contributed by atoms with E-state index in [0.717, 1.165) is 6.61 Å². The molecule has 19 heavy (non-hydrogen) atoms. The minimum atomic E-state index is 0.239. The number of ether oxygens (including phenoxy) is 1. The van der Waals surface area contributed by atoms with Crippen molar-refractivity contribution >= 4 is 0 Å². The van der Waals surface area contributed by atoms with Crippen LogP contribution in [-0.2, 0) is 4.74 Å². The van der Waals surface area contributed by atoms with Gasteiger partial charge in [-0.15, -0.1) is 0 Å². The van der Waals surface area contributed by atoms with Gasteiger partial charge in [0.1, 0.15) is 0 Å². The number of benzene rings is 1. The summed E-state index contributed by atoms with van der Waals surface area (Å²) in [6.07, 6.45) is 6.30. The highest BCUT2D eigenvalue weighted by Crippen LogP contribution is 2.47. The Morgan fingerprint density at radius 1 is 1.26 bits per heavy atom. The molecule has 1 spiro atoms. The molecule has 0 amide bonds. The molecule has 3 rings (SSSR count). The average molecular weight is 259 g/mol. The van der Waals surface area contributed by atoms with Gasteiger partial charge in [-0.05, 0) is 57.6 Å². The van der Waals surface area contributed by atoms with E-state index in [2.05, 4.69) is 43.6 Å². The fraction of sp³-hybridized carbons (Fsp3) is 0.647. The van der Waals surface area contributed by atoms with Gasteiger partial charge in [0.25, 0.3) is 0 Å². The molecule has 1 saturated heterocycles. The monoisotopic (exact) mass is 259 g/mol. The van der Waals surface area contributed by atoms with Crippen molar-refractivity contribution < 1.29 is 4.74 Å². The summed E-state index contributed by atoms with van der Waals surface area (Å²) >= 11 is 0. The highest BCUT2D eigenvalue weighted by atomic mass is 16.5. The molecule has 1 aromatic carbocycles. The zero-order chi connectivity index (χ0) is 13.3. The van der Waals surface area contributed by atoms with Crippen LogP contribution >= 0.6 is 0 Å². The third-order valence-electron chi connectivity index (χ3n) is 5.01. The molecule has 1 aliphatic heterocycles. The van der Waals surface area contributed by atoms with Crippen LogP contribution in [-0.4, -0.2) is 19.3 Å². The van der Waals surface area contributed by atoms with Gasteiger partial charge in [0, 0.05) is 12.6 Å². The van der Waals surface area contributed by atoms with Gasteiger partial charge in [-0.1, -0.05) is 29.8 Å². The Morgan fingerprint density at radius 2 is 2.00 bits per heavy atom. The summed E-state index contributed by atoms with van der Waals surface area (Å²) in [4.78, 5) is 0. The molecule has 2 nitrogen and oxygen atoms in total. The third kappa shape index (κ3) is 2.56. The van der Waals surface area contributed by atoms with Gasteiger partial charge in [-0.25, -0.2) is 0 Å². The second kappa shape index (κ2) is 5.26. The number of aryl methyl sites for hydroxylation is 1. The lowest BCUT2D eigenvalue weighted by molar-refractivity contribution is -0.147. The smallest absolute Gasteiger partial charge is 0.0686 e. The maximum atomic E-state index is 6.05. The minimum Gasteiger partial charge on any atom is -0.375 e. The summed E-state index contributed by atoms with van der Waals surface area (Å²) in [7, 11) is 2.09. The standard InChI is InChI=1S/C17H25NO/c1-13-4-6-14(7-5-13)16(18-2)15-8-11-19-17(12-15)9-3-10-17/h4-7,15-16,18H,3,8-12H2,1-2H3. The Balaban J connectivity index is 1.76. The summed E-state index contributed by atoms with van der Waals surface area (Å²) in [5, 5.41) is 3.54. The zero-order valence-electron chi connectivity index (χ0n) is 12.1. The summed E-state index contributed by atoms with van der Waals surface area (Å²) in [6, 6.07) is 9.47. The Kier molecular flexibility index (Phi) is 3.64. The van der Waals surface area contributed by atoms with Crippen LogP contribution < -0.4 is 5.32 Å². The van der Waals surface area contributed by atoms with Crippen LogP contribution in [0.3, 0.4) is 0 Å². The highest BCUT2D eigenvalue weighted by Gasteiger charge is 2.44. The van der Waals surface area contributed by atoms with E-state index >= 15 is 0 Å². The van der Waals surface area contributed by atoms with Crippen LogP contribution in [0.4, 0.5) is 0 Å². The molecule has 104 valence electrons. The van der Waals surface area contributed by atoms with E-state index in [-0.39, 0.29) is 5.60 Å². The first kappa shape index (κ1) is 13.1. The molecule has 2 atom stereocenters. The second-order valence-corrected chi connectivity index (χ2v) is 6.31. The maximum absolute atomic E-state index is 6.05. The van der Waals surface area contributed by atoms with Gasteiger partial charge in [-0.2, -0.15) is 0 Å². The summed E-state index contributed by atoms with van der Waals surface area (Å²) < 4.78 is 6.05. The van der Waals surface area contributed by atoms with Crippen molar-refractivity contribution in [2.45, 2.75) is 50.7 Å². The summed E-state index contributed by atoms with van der Waals surface area (Å²) in [5.41, 5.74) is 3.00. The van der Waals surface area contributed by atoms with Crippen molar-refractivity contribution in [3.63, 3.8) is 0 Å².